The number of aromatic nitrogens is 23. The van der Waals surface area contributed by atoms with Gasteiger partial charge in [0.2, 0.25) is 22.1 Å². The number of rotatable bonds is 1. The van der Waals surface area contributed by atoms with Crippen molar-refractivity contribution >= 4 is 93.3 Å². The minimum atomic E-state index is -2.27. The molecule has 0 unspecified atom stereocenters. The minimum absolute atomic E-state index is 0.640. The summed E-state index contributed by atoms with van der Waals surface area (Å²) < 4.78 is 59.0. The van der Waals surface area contributed by atoms with Gasteiger partial charge in [-0.3, -0.25) is 49.8 Å². The molecule has 0 aliphatic carbocycles. The van der Waals surface area contributed by atoms with Gasteiger partial charge in [-0.1, -0.05) is 29.5 Å². The molecule has 25 heterocycles. The summed E-state index contributed by atoms with van der Waals surface area (Å²) in [6.07, 6.45) is 57.1. The Labute approximate surface area is 590 Å². The maximum atomic E-state index is 7.99. The van der Waals surface area contributed by atoms with Crippen LogP contribution in [0.2, 0.25) is 0 Å². The van der Waals surface area contributed by atoms with Crippen LogP contribution in [-0.2, 0) is 46.7 Å². The number of aryl methyl sites for hydroxylation is 2. The van der Waals surface area contributed by atoms with Crippen LogP contribution in [0, 0.1) is 0 Å². The SMILES string of the molecule is Cn1c2[n+](c3c1cn1ccncc31)Cc1ccncc1-2.[2H]C([2H])([2H])n1c2[n+](c3c1cn1ccncc31)Cc1ccncc1-2.c1cc2c(cn1)-c1oc3cn4ccncc4c3[n+]1C2.c1cc2c(cn1)-c1sc3cn4ccncc4c3[n+]1C2.c1ccc(-n2c3[n+](c4c2cn2ccncc42)Cc2ccncc2-3)cc1. The van der Waals surface area contributed by atoms with Gasteiger partial charge in [-0.05, 0) is 42.5 Å². The summed E-state index contributed by atoms with van der Waals surface area (Å²) in [6, 6.07) is 20.8. The molecule has 5 aliphatic rings. The second-order valence-corrected chi connectivity index (χ2v) is 27.1. The monoisotopic (exact) mass is 1370 g/mol. The van der Waals surface area contributed by atoms with Crippen molar-refractivity contribution in [2.24, 2.45) is 14.0 Å². The second kappa shape index (κ2) is 21.8. The normalized spacial score (nSPS) is 13.5. The van der Waals surface area contributed by atoms with Gasteiger partial charge in [-0.15, -0.1) is 4.57 Å². The molecule has 26 rings (SSSR count). The molecule has 0 bridgehead atoms. The zero-order valence-electron chi connectivity index (χ0n) is 57.7. The Morgan fingerprint density at radius 3 is 1.31 bits per heavy atom. The number of hydrogen-bond donors (Lipinski definition) is 0. The van der Waals surface area contributed by atoms with Crippen LogP contribution in [0.4, 0.5) is 0 Å². The average molecular weight is 1370 g/mol. The van der Waals surface area contributed by atoms with Crippen molar-refractivity contribution in [3.8, 4) is 61.9 Å². The highest BCUT2D eigenvalue weighted by atomic mass is 32.1. The van der Waals surface area contributed by atoms with Gasteiger partial charge >= 0.3 is 5.89 Å². The van der Waals surface area contributed by atoms with E-state index in [0.29, 0.717) is 17.9 Å². The summed E-state index contributed by atoms with van der Waals surface area (Å²) in [5.41, 5.74) is 28.2. The lowest BCUT2D eigenvalue weighted by atomic mass is 10.1. The highest BCUT2D eigenvalue weighted by Gasteiger charge is 2.41. The lowest BCUT2D eigenvalue weighted by molar-refractivity contribution is -0.648. The summed E-state index contributed by atoms with van der Waals surface area (Å²) in [5.74, 6) is 3.99. The molecule has 0 spiro atoms. The van der Waals surface area contributed by atoms with E-state index in [-0.39, 0.29) is 0 Å². The topological polar surface area (TPSA) is 198 Å². The minimum Gasteiger partial charge on any atom is -0.396 e. The van der Waals surface area contributed by atoms with Crippen LogP contribution in [0.25, 0.3) is 144 Å². The summed E-state index contributed by atoms with van der Waals surface area (Å²) in [4.78, 5) is 42.5. The van der Waals surface area contributed by atoms with E-state index in [4.69, 9.17) is 8.53 Å². The molecule has 0 amide bonds. The number of oxazole rings is 1. The van der Waals surface area contributed by atoms with Crippen LogP contribution < -0.4 is 22.8 Å². The van der Waals surface area contributed by atoms with Crippen molar-refractivity contribution in [3.63, 3.8) is 0 Å². The van der Waals surface area contributed by atoms with Gasteiger partial charge in [0.05, 0.1) is 96.2 Å². The Kier molecular flexibility index (Phi) is 11.5. The third-order valence-corrected chi connectivity index (χ3v) is 21.8. The molecular weight excluding hydrogens is 1310 g/mol. The number of nitrogens with zero attached hydrogens (tertiary/aromatic N) is 23. The molecule has 103 heavy (non-hydrogen) atoms. The maximum Gasteiger partial charge on any atom is 0.384 e. The molecule has 5 aliphatic heterocycles. The van der Waals surface area contributed by atoms with E-state index in [1.807, 2.05) is 179 Å². The molecule has 25 heteroatoms. The zero-order chi connectivity index (χ0) is 70.2. The Balaban J connectivity index is 0.0000000830. The number of benzene rings is 1. The molecule has 490 valence electrons. The number of thiazole rings is 1. The van der Waals surface area contributed by atoms with Crippen molar-refractivity contribution in [1.82, 2.24) is 85.5 Å². The molecule has 0 saturated heterocycles. The lowest BCUT2D eigenvalue weighted by Crippen LogP contribution is -2.31. The third-order valence-electron chi connectivity index (χ3n) is 20.6. The quantitative estimate of drug-likeness (QED) is 0.142. The Morgan fingerprint density at radius 2 is 0.757 bits per heavy atom. The summed E-state index contributed by atoms with van der Waals surface area (Å²) in [7, 11) is 2.11. The summed E-state index contributed by atoms with van der Waals surface area (Å²) in [5, 5.41) is 1.31. The predicted octanol–water partition coefficient (Wildman–Crippen LogP) is 10.1. The van der Waals surface area contributed by atoms with Crippen LogP contribution in [0.15, 0.2) is 251 Å². The predicted molar refractivity (Wildman–Crippen MR) is 384 cm³/mol. The number of para-hydroxylation sites is 1. The Bertz CT molecular complexity index is 7090. The molecule has 0 saturated carbocycles. The van der Waals surface area contributed by atoms with Crippen molar-refractivity contribution in [2.45, 2.75) is 32.7 Å². The first-order valence-electron chi connectivity index (χ1n) is 35.0. The van der Waals surface area contributed by atoms with Gasteiger partial charge in [-0.25, -0.2) is 22.8 Å². The number of hydrogen-bond acceptors (Lipinski definition) is 12. The third kappa shape index (κ3) is 8.35. The molecule has 0 radical (unpaired) electrons. The van der Waals surface area contributed by atoms with Gasteiger partial charge < -0.3 is 26.4 Å². The highest BCUT2D eigenvalue weighted by molar-refractivity contribution is 7.21. The first kappa shape index (κ1) is 54.1. The van der Waals surface area contributed by atoms with E-state index in [1.54, 1.807) is 31.0 Å². The fourth-order valence-electron chi connectivity index (χ4n) is 16.1. The van der Waals surface area contributed by atoms with Gasteiger partial charge in [-0.2, -0.15) is 9.13 Å². The Hall–Kier alpha value is -13.8. The fraction of sp³-hybridized carbons (Fsp3) is 0.0897. The van der Waals surface area contributed by atoms with Crippen LogP contribution in [-0.4, -0.2) is 85.5 Å². The summed E-state index contributed by atoms with van der Waals surface area (Å²) >= 11 is 1.83. The van der Waals surface area contributed by atoms with E-state index in [1.165, 1.54) is 98.0 Å². The van der Waals surface area contributed by atoms with E-state index in [0.717, 1.165) is 93.1 Å². The molecule has 0 atom stereocenters. The van der Waals surface area contributed by atoms with Crippen LogP contribution in [0.1, 0.15) is 31.9 Å². The average Bonchev–Trinajstić information content (AvgIpc) is 1.53. The van der Waals surface area contributed by atoms with Gasteiger partial charge in [0.1, 0.15) is 63.2 Å². The highest BCUT2D eigenvalue weighted by Crippen LogP contribution is 2.40. The largest absolute Gasteiger partial charge is 0.396 e. The molecule has 24 nitrogen and oxygen atoms in total. The standard InChI is InChI=1S/C20H14N5.2C15H12N5.C14H9N4O.C14H9N4S/c1-2-4-15(5-3-1)25-18-13-23-9-8-22-11-17(23)19(18)24-12-14-6-7-21-10-16(14)20(24)25;2*1-18-13-9-19-5-4-17-7-12(19)14(13)20-8-10-2-3-16-6-11(10)15(18)20;2*1-2-15-5-10-9(1)7-18-13-11-6-16-3-4-17(11)8-12(13)19-14(10)18/h1-11,13H,12H2;2*2-7,9H,8H2,1H3;2*1-6,8H,7H2/q5*+1/i;1D3;;;. The fourth-order valence-corrected chi connectivity index (χ4v) is 17.4. The number of pyridine rings is 5. The smallest absolute Gasteiger partial charge is 0.384 e. The summed E-state index contributed by atoms with van der Waals surface area (Å²) in [6.45, 7) is 1.89. The van der Waals surface area contributed by atoms with Gasteiger partial charge in [0.15, 0.2) is 29.6 Å². The second-order valence-electron chi connectivity index (χ2n) is 26.1. The van der Waals surface area contributed by atoms with Crippen LogP contribution in [0.3, 0.4) is 0 Å². The first-order chi connectivity index (χ1) is 52.1. The van der Waals surface area contributed by atoms with Crippen LogP contribution >= 0.6 is 11.3 Å². The lowest BCUT2D eigenvalue weighted by Gasteiger charge is -2.01. The van der Waals surface area contributed by atoms with Crippen molar-refractivity contribution in [3.05, 3.63) is 274 Å². The van der Waals surface area contributed by atoms with E-state index < -0.39 is 6.98 Å². The van der Waals surface area contributed by atoms with E-state index in [2.05, 4.69) is 159 Å². The molecule has 0 N–H and O–H groups in total. The maximum absolute atomic E-state index is 7.99. The Morgan fingerprint density at radius 1 is 0.359 bits per heavy atom. The first-order valence-corrected chi connectivity index (χ1v) is 34.3. The van der Waals surface area contributed by atoms with Crippen molar-refractivity contribution in [2.75, 3.05) is 0 Å². The van der Waals surface area contributed by atoms with Crippen LogP contribution in [0.5, 0.6) is 0 Å². The van der Waals surface area contributed by atoms with Gasteiger partial charge in [0.25, 0.3) is 33.5 Å². The van der Waals surface area contributed by atoms with Gasteiger partial charge in [0, 0.05) is 158 Å². The van der Waals surface area contributed by atoms with Crippen molar-refractivity contribution < 1.29 is 31.4 Å². The molecule has 0 fully saturated rings. The number of fused-ring (bicyclic) bond motifs is 35. The molecule has 20 aromatic heterocycles. The molecular formula is C78H56N23OS+5. The van der Waals surface area contributed by atoms with Crippen molar-refractivity contribution in [1.29, 1.82) is 0 Å². The number of imidazole rings is 3. The van der Waals surface area contributed by atoms with E-state index in [9.17, 15) is 0 Å². The molecule has 21 aromatic rings. The zero-order valence-corrected chi connectivity index (χ0v) is 55.5. The van der Waals surface area contributed by atoms with E-state index >= 15 is 0 Å². The molecule has 1 aromatic carbocycles.